The first-order chi connectivity index (χ1) is 13.9. The number of carbonyl (C=O) groups is 2. The number of ether oxygens (including phenoxy) is 1. The summed E-state index contributed by atoms with van der Waals surface area (Å²) >= 11 is 1.05. The number of halogens is 1. The maximum atomic E-state index is 13.3. The van der Waals surface area contributed by atoms with E-state index in [2.05, 4.69) is 0 Å². The highest BCUT2D eigenvalue weighted by Crippen LogP contribution is 2.32. The summed E-state index contributed by atoms with van der Waals surface area (Å²) in [6.45, 7) is 0.540. The van der Waals surface area contributed by atoms with Crippen LogP contribution in [-0.2, 0) is 24.3 Å². The summed E-state index contributed by atoms with van der Waals surface area (Å²) < 4.78 is 46.5. The van der Waals surface area contributed by atoms with E-state index in [4.69, 9.17) is 4.74 Å². The first-order valence-electron chi connectivity index (χ1n) is 9.17. The lowest BCUT2D eigenvalue weighted by Gasteiger charge is -2.28. The molecule has 2 aromatic rings. The Morgan fingerprint density at radius 1 is 1.21 bits per heavy atom. The largest absolute Gasteiger partial charge is 0.377 e. The number of rotatable bonds is 6. The zero-order chi connectivity index (χ0) is 20.6. The van der Waals surface area contributed by atoms with Crippen molar-refractivity contribution in [1.29, 1.82) is 0 Å². The number of hydrogen-bond acceptors (Lipinski definition) is 6. The van der Waals surface area contributed by atoms with Crippen LogP contribution in [0.5, 0.6) is 0 Å². The van der Waals surface area contributed by atoms with Gasteiger partial charge in [-0.15, -0.1) is 11.3 Å². The Morgan fingerprint density at radius 2 is 1.97 bits per heavy atom. The van der Waals surface area contributed by atoms with Gasteiger partial charge < -0.3 is 4.74 Å². The maximum absolute atomic E-state index is 13.3. The highest BCUT2D eigenvalue weighted by Gasteiger charge is 2.48. The lowest BCUT2D eigenvalue weighted by atomic mass is 10.2. The van der Waals surface area contributed by atoms with Crippen LogP contribution in [0, 0.1) is 5.82 Å². The average molecular weight is 439 g/mol. The van der Waals surface area contributed by atoms with Gasteiger partial charge in [-0.3, -0.25) is 9.59 Å². The standard InChI is InChI=1S/C19H19FN2O5S2/c20-13-5-7-14(8-6-13)22-17(23)11-16(19(22)24)21(12-15-3-1-9-27-15)29(25,26)18-4-2-10-28-18/h2,4-8,10,15-16H,1,3,9,11-12H2. The van der Waals surface area contributed by atoms with E-state index in [1.807, 2.05) is 0 Å². The molecule has 2 atom stereocenters. The summed E-state index contributed by atoms with van der Waals surface area (Å²) in [5.41, 5.74) is 0.217. The third-order valence-corrected chi connectivity index (χ3v) is 8.27. The molecule has 2 fully saturated rings. The molecule has 1 aromatic heterocycles. The van der Waals surface area contributed by atoms with Gasteiger partial charge in [-0.25, -0.2) is 17.7 Å². The van der Waals surface area contributed by atoms with Crippen molar-refractivity contribution in [3.63, 3.8) is 0 Å². The molecule has 0 radical (unpaired) electrons. The number of anilines is 1. The zero-order valence-corrected chi connectivity index (χ0v) is 17.0. The van der Waals surface area contributed by atoms with Gasteiger partial charge in [0.25, 0.3) is 15.9 Å². The van der Waals surface area contributed by atoms with E-state index in [1.165, 1.54) is 18.2 Å². The Labute approximate surface area is 171 Å². The number of amides is 2. The minimum Gasteiger partial charge on any atom is -0.377 e. The number of carbonyl (C=O) groups excluding carboxylic acids is 2. The van der Waals surface area contributed by atoms with Crippen LogP contribution in [0.4, 0.5) is 10.1 Å². The molecule has 0 bridgehead atoms. The fourth-order valence-electron chi connectivity index (χ4n) is 3.61. The molecule has 3 heterocycles. The molecule has 4 rings (SSSR count). The fourth-order valence-corrected chi connectivity index (χ4v) is 6.34. The van der Waals surface area contributed by atoms with Crippen LogP contribution >= 0.6 is 11.3 Å². The zero-order valence-electron chi connectivity index (χ0n) is 15.4. The second-order valence-electron chi connectivity index (χ2n) is 6.91. The van der Waals surface area contributed by atoms with E-state index < -0.39 is 33.7 Å². The second-order valence-corrected chi connectivity index (χ2v) is 9.97. The number of benzene rings is 1. The van der Waals surface area contributed by atoms with Crippen molar-refractivity contribution in [3.8, 4) is 0 Å². The molecule has 10 heteroatoms. The molecule has 0 saturated carbocycles. The van der Waals surface area contributed by atoms with Crippen LogP contribution in [0.1, 0.15) is 19.3 Å². The molecule has 2 aliphatic rings. The normalized spacial score (nSPS) is 22.8. The first-order valence-corrected chi connectivity index (χ1v) is 11.5. The van der Waals surface area contributed by atoms with Gasteiger partial charge in [-0.2, -0.15) is 4.31 Å². The topological polar surface area (TPSA) is 84.0 Å². The van der Waals surface area contributed by atoms with Gasteiger partial charge in [-0.1, -0.05) is 6.07 Å². The molecule has 2 aliphatic heterocycles. The summed E-state index contributed by atoms with van der Waals surface area (Å²) in [6, 6.07) is 6.88. The Balaban J connectivity index is 1.68. The minimum absolute atomic E-state index is 0.00117. The van der Waals surface area contributed by atoms with Crippen LogP contribution in [0.3, 0.4) is 0 Å². The van der Waals surface area contributed by atoms with Crippen LogP contribution in [0.25, 0.3) is 0 Å². The monoisotopic (exact) mass is 438 g/mol. The molecular weight excluding hydrogens is 419 g/mol. The molecule has 0 aliphatic carbocycles. The first kappa shape index (κ1) is 20.1. The van der Waals surface area contributed by atoms with E-state index in [9.17, 15) is 22.4 Å². The molecule has 154 valence electrons. The molecule has 0 N–H and O–H groups in total. The van der Waals surface area contributed by atoms with Gasteiger partial charge in [0.1, 0.15) is 16.1 Å². The van der Waals surface area contributed by atoms with E-state index >= 15 is 0 Å². The maximum Gasteiger partial charge on any atom is 0.253 e. The summed E-state index contributed by atoms with van der Waals surface area (Å²) in [6.07, 6.45) is 0.907. The van der Waals surface area contributed by atoms with E-state index in [-0.39, 0.29) is 29.0 Å². The van der Waals surface area contributed by atoms with Crippen LogP contribution in [-0.4, -0.2) is 49.8 Å². The van der Waals surface area contributed by atoms with E-state index in [0.29, 0.717) is 13.0 Å². The highest BCUT2D eigenvalue weighted by molar-refractivity contribution is 7.91. The van der Waals surface area contributed by atoms with Crippen molar-refractivity contribution < 1.29 is 27.1 Å². The van der Waals surface area contributed by atoms with Crippen molar-refractivity contribution in [2.24, 2.45) is 0 Å². The summed E-state index contributed by atoms with van der Waals surface area (Å²) in [7, 11) is -3.99. The summed E-state index contributed by atoms with van der Waals surface area (Å²) in [5, 5.41) is 1.64. The third-order valence-electron chi connectivity index (χ3n) is 5.02. The molecule has 2 amide bonds. The van der Waals surface area contributed by atoms with Gasteiger partial charge in [0, 0.05) is 13.2 Å². The minimum atomic E-state index is -3.99. The number of nitrogens with zero attached hydrogens (tertiary/aromatic N) is 2. The Bertz CT molecular complexity index is 1000. The lowest BCUT2D eigenvalue weighted by Crippen LogP contribution is -2.48. The number of imide groups is 1. The number of thiophene rings is 1. The van der Waals surface area contributed by atoms with Gasteiger partial charge in [0.2, 0.25) is 5.91 Å². The van der Waals surface area contributed by atoms with Crippen LogP contribution < -0.4 is 4.90 Å². The molecular formula is C19H19FN2O5S2. The van der Waals surface area contributed by atoms with Crippen LogP contribution in [0.2, 0.25) is 0 Å². The molecule has 2 saturated heterocycles. The van der Waals surface area contributed by atoms with Crippen LogP contribution in [0.15, 0.2) is 46.0 Å². The fraction of sp³-hybridized carbons (Fsp3) is 0.368. The molecule has 1 aromatic carbocycles. The predicted octanol–water partition coefficient (Wildman–Crippen LogP) is 2.39. The Morgan fingerprint density at radius 3 is 2.59 bits per heavy atom. The summed E-state index contributed by atoms with van der Waals surface area (Å²) in [5.74, 6) is -1.66. The number of hydrogen-bond donors (Lipinski definition) is 0. The van der Waals surface area contributed by atoms with Crippen molar-refractivity contribution in [2.75, 3.05) is 18.1 Å². The average Bonchev–Trinajstić information content (AvgIpc) is 3.43. The van der Waals surface area contributed by atoms with Gasteiger partial charge in [-0.05, 0) is 48.6 Å². The molecule has 7 nitrogen and oxygen atoms in total. The molecule has 0 spiro atoms. The van der Waals surface area contributed by atoms with Crippen molar-refractivity contribution in [1.82, 2.24) is 4.31 Å². The smallest absolute Gasteiger partial charge is 0.253 e. The Hall–Kier alpha value is -2.14. The quantitative estimate of drug-likeness (QED) is 0.647. The third kappa shape index (κ3) is 3.85. The van der Waals surface area contributed by atoms with Gasteiger partial charge in [0.05, 0.1) is 18.2 Å². The van der Waals surface area contributed by atoms with E-state index in [1.54, 1.807) is 11.4 Å². The van der Waals surface area contributed by atoms with Crippen molar-refractivity contribution in [3.05, 3.63) is 47.6 Å². The molecule has 29 heavy (non-hydrogen) atoms. The predicted molar refractivity (Wildman–Crippen MR) is 104 cm³/mol. The van der Waals surface area contributed by atoms with Gasteiger partial charge in [0.15, 0.2) is 0 Å². The summed E-state index contributed by atoms with van der Waals surface area (Å²) in [4.78, 5) is 26.6. The SMILES string of the molecule is O=C1CC(N(CC2CCCO2)S(=O)(=O)c2cccs2)C(=O)N1c1ccc(F)cc1. The van der Waals surface area contributed by atoms with Crippen molar-refractivity contribution in [2.45, 2.75) is 35.6 Å². The second kappa shape index (κ2) is 7.94. The number of sulfonamides is 1. The highest BCUT2D eigenvalue weighted by atomic mass is 32.2. The van der Waals surface area contributed by atoms with E-state index in [0.717, 1.165) is 39.1 Å². The van der Waals surface area contributed by atoms with Crippen molar-refractivity contribution >= 4 is 38.9 Å². The molecule has 2 unspecified atom stereocenters. The Kier molecular flexibility index (Phi) is 5.52. The lowest BCUT2D eigenvalue weighted by molar-refractivity contribution is -0.122. The van der Waals surface area contributed by atoms with Gasteiger partial charge >= 0.3 is 0 Å².